The number of nitro groups is 2. The Kier molecular flexibility index (Phi) is 3.80. The first-order valence-corrected chi connectivity index (χ1v) is 6.47. The number of benzene rings is 1. The molecule has 0 amide bonds. The fourth-order valence-corrected chi connectivity index (χ4v) is 2.01. The maximum absolute atomic E-state index is 11.7. The number of non-ortho nitro benzene ring substituents is 2. The summed E-state index contributed by atoms with van der Waals surface area (Å²) in [7, 11) is 0. The summed E-state index contributed by atoms with van der Waals surface area (Å²) in [5.41, 5.74) is -3.05. The fraction of sp³-hybridized carbons (Fsp3) is 0.0909. The van der Waals surface area contributed by atoms with Crippen LogP contribution in [0.15, 0.2) is 27.4 Å². The third-order valence-electron chi connectivity index (χ3n) is 2.63. The molecule has 0 bridgehead atoms. The minimum absolute atomic E-state index is 0.0696. The second kappa shape index (κ2) is 5.40. The monoisotopic (exact) mass is 356 g/mol. The largest absolute Gasteiger partial charge is 0.415 e. The van der Waals surface area contributed by atoms with Gasteiger partial charge in [-0.05, 0) is 6.07 Å². The smallest absolute Gasteiger partial charge is 0.347 e. The number of rotatable bonds is 4. The van der Waals surface area contributed by atoms with Gasteiger partial charge >= 0.3 is 11.3 Å². The predicted molar refractivity (Wildman–Crippen MR) is 73.9 cm³/mol. The van der Waals surface area contributed by atoms with Crippen LogP contribution >= 0.6 is 15.9 Å². The highest BCUT2D eigenvalue weighted by Gasteiger charge is 2.24. The first kappa shape index (κ1) is 14.8. The molecule has 0 spiro atoms. The molecule has 1 heterocycles. The van der Waals surface area contributed by atoms with Gasteiger partial charge in [-0.3, -0.25) is 25.0 Å². The Balaban J connectivity index is 2.89. The number of nitrogens with zero attached hydrogens (tertiary/aromatic N) is 2. The van der Waals surface area contributed by atoms with Crippen molar-refractivity contribution in [2.45, 2.75) is 0 Å². The zero-order valence-corrected chi connectivity index (χ0v) is 11.7. The number of ketones is 1. The van der Waals surface area contributed by atoms with Crippen molar-refractivity contribution >= 4 is 44.1 Å². The third-order valence-corrected chi connectivity index (χ3v) is 3.14. The molecule has 0 saturated carbocycles. The lowest BCUT2D eigenvalue weighted by Crippen LogP contribution is -2.14. The molecule has 1 aromatic heterocycles. The molecule has 0 saturated heterocycles. The Hall–Kier alpha value is -2.62. The van der Waals surface area contributed by atoms with Crippen molar-refractivity contribution in [1.82, 2.24) is 0 Å². The molecule has 0 radical (unpaired) electrons. The van der Waals surface area contributed by atoms with Crippen LogP contribution < -0.4 is 5.63 Å². The Morgan fingerprint density at radius 3 is 2.38 bits per heavy atom. The van der Waals surface area contributed by atoms with Gasteiger partial charge < -0.3 is 4.42 Å². The summed E-state index contributed by atoms with van der Waals surface area (Å²) >= 11 is 2.88. The lowest BCUT2D eigenvalue weighted by Gasteiger charge is -2.01. The van der Waals surface area contributed by atoms with Gasteiger partial charge in [0, 0.05) is 11.5 Å². The molecule has 0 aliphatic carbocycles. The molecule has 0 aliphatic heterocycles. The van der Waals surface area contributed by atoms with E-state index in [1.54, 1.807) is 0 Å². The Bertz CT molecular complexity index is 842. The van der Waals surface area contributed by atoms with E-state index in [0.29, 0.717) is 6.07 Å². The summed E-state index contributed by atoms with van der Waals surface area (Å²) in [6, 6.07) is 2.73. The summed E-state index contributed by atoms with van der Waals surface area (Å²) in [5, 5.41) is 21.5. The van der Waals surface area contributed by atoms with E-state index in [9.17, 15) is 29.8 Å². The quantitative estimate of drug-likeness (QED) is 0.269. The molecule has 10 heteroatoms. The van der Waals surface area contributed by atoms with Gasteiger partial charge in [-0.2, -0.15) is 0 Å². The van der Waals surface area contributed by atoms with Crippen molar-refractivity contribution < 1.29 is 19.1 Å². The Morgan fingerprint density at radius 1 is 1.19 bits per heavy atom. The maximum Gasteiger partial charge on any atom is 0.347 e. The lowest BCUT2D eigenvalue weighted by molar-refractivity contribution is -0.393. The van der Waals surface area contributed by atoms with E-state index >= 15 is 0 Å². The normalized spacial score (nSPS) is 10.5. The summed E-state index contributed by atoms with van der Waals surface area (Å²) < 4.78 is 4.78. The Labute approximate surface area is 123 Å². The number of Topliss-reactive ketones (excluding diaryl/α,β-unsaturated/α-hetero) is 1. The van der Waals surface area contributed by atoms with Crippen LogP contribution in [0.4, 0.5) is 11.4 Å². The molecule has 0 aliphatic rings. The average Bonchev–Trinajstić information content (AvgIpc) is 2.44. The molecule has 2 aromatic rings. The topological polar surface area (TPSA) is 134 Å². The number of halogens is 1. The highest BCUT2D eigenvalue weighted by atomic mass is 79.9. The number of hydrogen-bond acceptors (Lipinski definition) is 7. The summed E-state index contributed by atoms with van der Waals surface area (Å²) in [5.74, 6) is -0.597. The summed E-state index contributed by atoms with van der Waals surface area (Å²) in [4.78, 5) is 43.2. The minimum atomic E-state index is -1.04. The van der Waals surface area contributed by atoms with Crippen LogP contribution in [-0.2, 0) is 0 Å². The van der Waals surface area contributed by atoms with Crippen LogP contribution in [0.1, 0.15) is 10.4 Å². The van der Waals surface area contributed by atoms with E-state index < -0.39 is 38.2 Å². The number of hydrogen-bond donors (Lipinski definition) is 0. The van der Waals surface area contributed by atoms with Crippen LogP contribution in [0.2, 0.25) is 0 Å². The van der Waals surface area contributed by atoms with Crippen LogP contribution in [0.25, 0.3) is 11.0 Å². The molecule has 0 fully saturated rings. The van der Waals surface area contributed by atoms with Crippen molar-refractivity contribution in [3.63, 3.8) is 0 Å². The van der Waals surface area contributed by atoms with E-state index in [-0.39, 0.29) is 16.3 Å². The van der Waals surface area contributed by atoms with Gasteiger partial charge in [0.15, 0.2) is 5.78 Å². The van der Waals surface area contributed by atoms with Crippen molar-refractivity contribution in [1.29, 1.82) is 0 Å². The van der Waals surface area contributed by atoms with Crippen molar-refractivity contribution in [3.05, 3.63) is 54.4 Å². The highest BCUT2D eigenvalue weighted by molar-refractivity contribution is 9.09. The van der Waals surface area contributed by atoms with Crippen molar-refractivity contribution in [2.24, 2.45) is 0 Å². The molecule has 0 unspecified atom stereocenters. The maximum atomic E-state index is 11.7. The van der Waals surface area contributed by atoms with Gasteiger partial charge in [0.2, 0.25) is 5.58 Å². The summed E-state index contributed by atoms with van der Waals surface area (Å²) in [6.07, 6.45) is 0. The summed E-state index contributed by atoms with van der Waals surface area (Å²) in [6.45, 7) is 0. The van der Waals surface area contributed by atoms with Gasteiger partial charge in [0.25, 0.3) is 5.69 Å². The molecule has 1 aromatic carbocycles. The van der Waals surface area contributed by atoms with E-state index in [4.69, 9.17) is 4.42 Å². The van der Waals surface area contributed by atoms with Crippen molar-refractivity contribution in [3.8, 4) is 0 Å². The van der Waals surface area contributed by atoms with E-state index in [2.05, 4.69) is 15.9 Å². The SMILES string of the molecule is O=C(CBr)c1cc2cc([N+](=O)[O-])cc([N+](=O)[O-])c2oc1=O. The second-order valence-corrected chi connectivity index (χ2v) is 4.46. The molecule has 0 atom stereocenters. The average molecular weight is 357 g/mol. The van der Waals surface area contributed by atoms with Gasteiger partial charge in [0.1, 0.15) is 5.56 Å². The van der Waals surface area contributed by atoms with Crippen LogP contribution in [-0.4, -0.2) is 21.0 Å². The molecule has 9 nitrogen and oxygen atoms in total. The molecule has 0 N–H and O–H groups in total. The zero-order chi connectivity index (χ0) is 15.7. The first-order valence-electron chi connectivity index (χ1n) is 5.35. The molecule has 21 heavy (non-hydrogen) atoms. The minimum Gasteiger partial charge on any atom is -0.415 e. The Morgan fingerprint density at radius 2 is 1.86 bits per heavy atom. The number of carbonyl (C=O) groups excluding carboxylic acids is 1. The number of carbonyl (C=O) groups is 1. The molecular formula is C11H5BrN2O7. The molecular weight excluding hydrogens is 352 g/mol. The van der Waals surface area contributed by atoms with E-state index in [1.807, 2.05) is 0 Å². The van der Waals surface area contributed by atoms with Crippen LogP contribution in [0, 0.1) is 20.2 Å². The van der Waals surface area contributed by atoms with Gasteiger partial charge in [-0.25, -0.2) is 4.79 Å². The van der Waals surface area contributed by atoms with Crippen molar-refractivity contribution in [2.75, 3.05) is 5.33 Å². The number of alkyl halides is 1. The second-order valence-electron chi connectivity index (χ2n) is 3.90. The molecule has 108 valence electrons. The van der Waals surface area contributed by atoms with Gasteiger partial charge in [0.05, 0.1) is 21.2 Å². The number of fused-ring (bicyclic) bond motifs is 1. The van der Waals surface area contributed by atoms with Crippen LogP contribution in [0.5, 0.6) is 0 Å². The third kappa shape index (κ3) is 2.65. The van der Waals surface area contributed by atoms with E-state index in [1.165, 1.54) is 0 Å². The zero-order valence-electron chi connectivity index (χ0n) is 10.1. The fourth-order valence-electron chi connectivity index (χ4n) is 1.71. The molecule has 2 rings (SSSR count). The first-order chi connectivity index (χ1) is 9.85. The van der Waals surface area contributed by atoms with E-state index in [0.717, 1.165) is 12.1 Å². The highest BCUT2D eigenvalue weighted by Crippen LogP contribution is 2.30. The van der Waals surface area contributed by atoms with Crippen LogP contribution in [0.3, 0.4) is 0 Å². The van der Waals surface area contributed by atoms with Gasteiger partial charge in [-0.1, -0.05) is 15.9 Å². The van der Waals surface area contributed by atoms with Gasteiger partial charge in [-0.15, -0.1) is 0 Å². The lowest BCUT2D eigenvalue weighted by atomic mass is 10.1. The number of nitro benzene ring substituents is 2. The standard InChI is InChI=1S/C11H5BrN2O7/c12-4-9(15)7-2-5-1-6(13(17)18)3-8(14(19)20)10(5)21-11(7)16/h1-3H,4H2. The predicted octanol–water partition coefficient (Wildman–Crippen LogP) is 2.19.